The molecule has 0 unspecified atom stereocenters. The number of rotatable bonds is 2. The Bertz CT molecular complexity index is 938. The number of hydrogen-bond acceptors (Lipinski definition) is 5. The number of anilines is 1. The molecule has 1 aliphatic rings. The van der Waals surface area contributed by atoms with Crippen molar-refractivity contribution in [3.8, 4) is 34.0 Å². The number of hydrogen-bond donors (Lipinski definition) is 1. The summed E-state index contributed by atoms with van der Waals surface area (Å²) >= 11 is 0. The van der Waals surface area contributed by atoms with E-state index in [0.29, 0.717) is 0 Å². The first-order valence-electron chi connectivity index (χ1n) is 7.72. The molecule has 0 bridgehead atoms. The highest BCUT2D eigenvalue weighted by Gasteiger charge is 2.15. The van der Waals surface area contributed by atoms with Gasteiger partial charge in [-0.25, -0.2) is 9.97 Å². The van der Waals surface area contributed by atoms with Crippen LogP contribution in [0.3, 0.4) is 0 Å². The molecule has 4 rings (SSSR count). The molecule has 3 aromatic rings. The summed E-state index contributed by atoms with van der Waals surface area (Å²) in [6.45, 7) is 4.42. The topological polar surface area (TPSA) is 70.3 Å². The molecule has 0 spiro atoms. The molecule has 0 aliphatic carbocycles. The Morgan fingerprint density at radius 1 is 0.792 bits per heavy atom. The number of aryl methyl sites for hydroxylation is 2. The summed E-state index contributed by atoms with van der Waals surface area (Å²) in [4.78, 5) is 8.75. The van der Waals surface area contributed by atoms with Gasteiger partial charge in [0, 0.05) is 11.1 Å². The largest absolute Gasteiger partial charge is 0.454 e. The van der Waals surface area contributed by atoms with Crippen LogP contribution in [0.5, 0.6) is 11.5 Å². The second kappa shape index (κ2) is 5.53. The molecule has 0 radical (unpaired) electrons. The molecule has 0 saturated carbocycles. The molecular formula is C19H17N3O2. The minimum Gasteiger partial charge on any atom is -0.454 e. The van der Waals surface area contributed by atoms with E-state index < -0.39 is 0 Å². The van der Waals surface area contributed by atoms with Gasteiger partial charge in [-0.1, -0.05) is 12.1 Å². The van der Waals surface area contributed by atoms with Crippen molar-refractivity contribution in [1.82, 2.24) is 9.97 Å². The molecule has 1 aromatic heterocycles. The predicted molar refractivity (Wildman–Crippen MR) is 92.9 cm³/mol. The molecule has 0 amide bonds. The first-order chi connectivity index (χ1) is 11.6. The lowest BCUT2D eigenvalue weighted by molar-refractivity contribution is 0.174. The lowest BCUT2D eigenvalue weighted by Gasteiger charge is -2.09. The molecule has 2 N–H and O–H groups in total. The van der Waals surface area contributed by atoms with E-state index in [9.17, 15) is 0 Å². The smallest absolute Gasteiger partial charge is 0.231 e. The molecule has 2 heterocycles. The predicted octanol–water partition coefficient (Wildman–Crippen LogP) is 3.74. The normalized spacial score (nSPS) is 12.4. The van der Waals surface area contributed by atoms with Crippen molar-refractivity contribution in [2.75, 3.05) is 12.5 Å². The van der Waals surface area contributed by atoms with E-state index in [1.807, 2.05) is 30.3 Å². The first kappa shape index (κ1) is 14.5. The Hall–Kier alpha value is -3.08. The zero-order valence-corrected chi connectivity index (χ0v) is 13.5. The van der Waals surface area contributed by atoms with E-state index in [1.54, 1.807) is 0 Å². The Kier molecular flexibility index (Phi) is 3.34. The van der Waals surface area contributed by atoms with E-state index in [-0.39, 0.29) is 12.7 Å². The average Bonchev–Trinajstić information content (AvgIpc) is 3.04. The Morgan fingerprint density at radius 2 is 1.46 bits per heavy atom. The summed E-state index contributed by atoms with van der Waals surface area (Å²) in [5, 5.41) is 0. The van der Waals surface area contributed by atoms with E-state index in [0.717, 1.165) is 34.0 Å². The third-order valence-corrected chi connectivity index (χ3v) is 4.21. The van der Waals surface area contributed by atoms with Crippen LogP contribution in [-0.2, 0) is 0 Å². The number of nitrogens with zero attached hydrogens (tertiary/aromatic N) is 2. The van der Waals surface area contributed by atoms with Crippen molar-refractivity contribution in [2.24, 2.45) is 0 Å². The molecule has 120 valence electrons. The zero-order chi connectivity index (χ0) is 16.7. The van der Waals surface area contributed by atoms with Gasteiger partial charge in [-0.05, 0) is 55.3 Å². The highest BCUT2D eigenvalue weighted by molar-refractivity contribution is 5.71. The van der Waals surface area contributed by atoms with Gasteiger partial charge in [0.25, 0.3) is 0 Å². The molecule has 2 aromatic carbocycles. The second-order valence-corrected chi connectivity index (χ2v) is 5.86. The number of fused-ring (bicyclic) bond motifs is 1. The molecular weight excluding hydrogens is 302 g/mol. The van der Waals surface area contributed by atoms with Crippen molar-refractivity contribution >= 4 is 5.95 Å². The van der Waals surface area contributed by atoms with E-state index in [1.165, 1.54) is 11.1 Å². The van der Waals surface area contributed by atoms with Crippen LogP contribution in [0, 0.1) is 13.8 Å². The first-order valence-corrected chi connectivity index (χ1v) is 7.72. The summed E-state index contributed by atoms with van der Waals surface area (Å²) in [6, 6.07) is 13.9. The number of benzene rings is 2. The minimum atomic E-state index is 0.249. The van der Waals surface area contributed by atoms with Crippen LogP contribution in [0.4, 0.5) is 5.95 Å². The molecule has 0 atom stereocenters. The molecule has 0 saturated heterocycles. The van der Waals surface area contributed by atoms with Crippen molar-refractivity contribution in [2.45, 2.75) is 13.8 Å². The third kappa shape index (κ3) is 2.54. The number of ether oxygens (including phenoxy) is 2. The summed E-state index contributed by atoms with van der Waals surface area (Å²) < 4.78 is 10.8. The van der Waals surface area contributed by atoms with Gasteiger partial charge in [0.2, 0.25) is 12.7 Å². The zero-order valence-electron chi connectivity index (χ0n) is 13.5. The van der Waals surface area contributed by atoms with Crippen LogP contribution in [0.25, 0.3) is 22.5 Å². The van der Waals surface area contributed by atoms with Crippen LogP contribution in [0.1, 0.15) is 11.1 Å². The van der Waals surface area contributed by atoms with E-state index in [2.05, 4.69) is 35.9 Å². The fourth-order valence-corrected chi connectivity index (χ4v) is 2.72. The summed E-state index contributed by atoms with van der Waals surface area (Å²) in [6.07, 6.45) is 0. The van der Waals surface area contributed by atoms with Gasteiger partial charge in [-0.15, -0.1) is 0 Å². The molecule has 5 heteroatoms. The van der Waals surface area contributed by atoms with Gasteiger partial charge in [-0.3, -0.25) is 0 Å². The maximum absolute atomic E-state index is 5.94. The molecule has 5 nitrogen and oxygen atoms in total. The van der Waals surface area contributed by atoms with Gasteiger partial charge >= 0.3 is 0 Å². The summed E-state index contributed by atoms with van der Waals surface area (Å²) in [5.74, 6) is 1.71. The van der Waals surface area contributed by atoms with Crippen LogP contribution >= 0.6 is 0 Å². The van der Waals surface area contributed by atoms with Crippen LogP contribution < -0.4 is 15.2 Å². The summed E-state index contributed by atoms with van der Waals surface area (Å²) in [5.41, 5.74) is 11.9. The monoisotopic (exact) mass is 319 g/mol. The van der Waals surface area contributed by atoms with Crippen molar-refractivity contribution < 1.29 is 9.47 Å². The number of nitrogens with two attached hydrogens (primary N) is 1. The quantitative estimate of drug-likeness (QED) is 0.779. The lowest BCUT2D eigenvalue weighted by atomic mass is 10.0. The van der Waals surface area contributed by atoms with E-state index >= 15 is 0 Å². The number of nitrogen functional groups attached to an aromatic ring is 1. The SMILES string of the molecule is Cc1ccc(-c2cc(-c3ccc4c(c3)OCO4)nc(N)n2)cc1C. The molecule has 0 fully saturated rings. The fraction of sp³-hybridized carbons (Fsp3) is 0.158. The maximum Gasteiger partial charge on any atom is 0.231 e. The van der Waals surface area contributed by atoms with Crippen molar-refractivity contribution in [3.05, 3.63) is 53.6 Å². The Balaban J connectivity index is 1.80. The van der Waals surface area contributed by atoms with Gasteiger partial charge in [-0.2, -0.15) is 0 Å². The second-order valence-electron chi connectivity index (χ2n) is 5.86. The Morgan fingerprint density at radius 3 is 2.21 bits per heavy atom. The van der Waals surface area contributed by atoms with Gasteiger partial charge in [0.1, 0.15) is 0 Å². The lowest BCUT2D eigenvalue weighted by Crippen LogP contribution is -1.99. The average molecular weight is 319 g/mol. The van der Waals surface area contributed by atoms with Crippen LogP contribution in [0.2, 0.25) is 0 Å². The fourth-order valence-electron chi connectivity index (χ4n) is 2.72. The highest BCUT2D eigenvalue weighted by atomic mass is 16.7. The van der Waals surface area contributed by atoms with E-state index in [4.69, 9.17) is 15.2 Å². The van der Waals surface area contributed by atoms with Gasteiger partial charge < -0.3 is 15.2 Å². The molecule has 24 heavy (non-hydrogen) atoms. The highest BCUT2D eigenvalue weighted by Crippen LogP contribution is 2.36. The maximum atomic E-state index is 5.94. The van der Waals surface area contributed by atoms with Crippen LogP contribution in [-0.4, -0.2) is 16.8 Å². The molecule has 1 aliphatic heterocycles. The Labute approximate surface area is 140 Å². The van der Waals surface area contributed by atoms with Crippen LogP contribution in [0.15, 0.2) is 42.5 Å². The standard InChI is InChI=1S/C19H17N3O2/c1-11-3-4-13(7-12(11)2)15-9-16(22-19(20)21-15)14-5-6-17-18(8-14)24-10-23-17/h3-9H,10H2,1-2H3,(H2,20,21,22). The summed E-state index contributed by atoms with van der Waals surface area (Å²) in [7, 11) is 0. The van der Waals surface area contributed by atoms with Crippen molar-refractivity contribution in [1.29, 1.82) is 0 Å². The van der Waals surface area contributed by atoms with Crippen molar-refractivity contribution in [3.63, 3.8) is 0 Å². The number of aromatic nitrogens is 2. The van der Waals surface area contributed by atoms with Gasteiger partial charge in [0.05, 0.1) is 11.4 Å². The third-order valence-electron chi connectivity index (χ3n) is 4.21. The minimum absolute atomic E-state index is 0.249. The van der Waals surface area contributed by atoms with Gasteiger partial charge in [0.15, 0.2) is 11.5 Å².